The molecule has 0 unspecified atom stereocenters. The van der Waals surface area contributed by atoms with Crippen molar-refractivity contribution in [3.8, 4) is 11.3 Å². The zero-order valence-corrected chi connectivity index (χ0v) is 9.15. The molecule has 13 heavy (non-hydrogen) atoms. The molecule has 0 saturated heterocycles. The van der Waals surface area contributed by atoms with E-state index in [0.717, 1.165) is 20.9 Å². The number of halogens is 1. The summed E-state index contributed by atoms with van der Waals surface area (Å²) in [4.78, 5) is 3.10. The Morgan fingerprint density at radius 3 is 2.85 bits per heavy atom. The lowest BCUT2D eigenvalue weighted by Gasteiger charge is -1.94. The van der Waals surface area contributed by atoms with E-state index in [1.165, 1.54) is 11.3 Å². The van der Waals surface area contributed by atoms with Crippen LogP contribution in [-0.2, 0) is 0 Å². The summed E-state index contributed by atoms with van der Waals surface area (Å²) in [7, 11) is 0. The molecule has 0 aliphatic carbocycles. The molecule has 0 bridgehead atoms. The fraction of sp³-hybridized carbons (Fsp3) is 0. The first-order chi connectivity index (χ1) is 6.25. The fourth-order valence-corrected chi connectivity index (χ4v) is 2.12. The van der Waals surface area contributed by atoms with Crippen molar-refractivity contribution in [1.29, 1.82) is 0 Å². The lowest BCUT2D eigenvalue weighted by Crippen LogP contribution is -2.06. The minimum Gasteiger partial charge on any atom is -0.278 e. The molecule has 0 radical (unpaired) electrons. The van der Waals surface area contributed by atoms with E-state index in [1.54, 1.807) is 0 Å². The number of benzene rings is 1. The summed E-state index contributed by atoms with van der Waals surface area (Å²) in [6.07, 6.45) is 0. The van der Waals surface area contributed by atoms with Gasteiger partial charge >= 0.3 is 5.13 Å². The van der Waals surface area contributed by atoms with Crippen LogP contribution >= 0.6 is 27.3 Å². The molecule has 0 atom stereocenters. The normalized spacial score (nSPS) is 10.2. The summed E-state index contributed by atoms with van der Waals surface area (Å²) in [6, 6.07) is 8.10. The monoisotopic (exact) mass is 255 g/mol. The highest BCUT2D eigenvalue weighted by Crippen LogP contribution is 2.22. The average Bonchev–Trinajstić information content (AvgIpc) is 2.52. The largest absolute Gasteiger partial charge is 0.329 e. The Morgan fingerprint density at radius 1 is 1.38 bits per heavy atom. The predicted molar refractivity (Wildman–Crippen MR) is 58.4 cm³/mol. The highest BCUT2D eigenvalue weighted by Gasteiger charge is 2.05. The molecule has 0 aliphatic rings. The maximum Gasteiger partial charge on any atom is 0.329 e. The van der Waals surface area contributed by atoms with Crippen LogP contribution in [0.25, 0.3) is 11.3 Å². The van der Waals surface area contributed by atoms with Crippen molar-refractivity contribution in [3.63, 3.8) is 0 Å². The summed E-state index contributed by atoms with van der Waals surface area (Å²) in [5.74, 6) is 0. The number of thiazole rings is 1. The molecule has 66 valence electrons. The van der Waals surface area contributed by atoms with Crippen molar-refractivity contribution in [3.05, 3.63) is 34.1 Å². The van der Waals surface area contributed by atoms with Gasteiger partial charge in [0.1, 0.15) is 5.69 Å². The molecule has 3 N–H and O–H groups in total. The molecule has 0 spiro atoms. The smallest absolute Gasteiger partial charge is 0.278 e. The number of nitrogens with two attached hydrogens (primary N) is 1. The summed E-state index contributed by atoms with van der Waals surface area (Å²) < 4.78 is 1.07. The van der Waals surface area contributed by atoms with Gasteiger partial charge < -0.3 is 0 Å². The SMILES string of the molecule is Nc1[nH+]c(-c2cccc(Br)c2)cs1. The number of nitrogen functional groups attached to an aromatic ring is 1. The van der Waals surface area contributed by atoms with E-state index in [2.05, 4.69) is 27.0 Å². The van der Waals surface area contributed by atoms with E-state index in [-0.39, 0.29) is 0 Å². The first-order valence-electron chi connectivity index (χ1n) is 3.78. The number of aromatic amines is 1. The maximum absolute atomic E-state index is 5.61. The number of nitrogens with one attached hydrogen (secondary N) is 1. The Bertz CT molecular complexity index is 425. The van der Waals surface area contributed by atoms with Gasteiger partial charge in [0.2, 0.25) is 0 Å². The second kappa shape index (κ2) is 3.47. The molecule has 1 heterocycles. The van der Waals surface area contributed by atoms with Gasteiger partial charge in [-0.1, -0.05) is 39.4 Å². The van der Waals surface area contributed by atoms with E-state index in [9.17, 15) is 0 Å². The minimum absolute atomic E-state index is 0.731. The maximum atomic E-state index is 5.61. The number of anilines is 1. The fourth-order valence-electron chi connectivity index (χ4n) is 1.11. The van der Waals surface area contributed by atoms with E-state index >= 15 is 0 Å². The standard InChI is InChI=1S/C9H7BrN2S/c10-7-3-1-2-6(4-7)8-5-13-9(11)12-8/h1-5H,(H2,11,12)/p+1. The average molecular weight is 256 g/mol. The number of hydrogen-bond acceptors (Lipinski definition) is 2. The molecular weight excluding hydrogens is 248 g/mol. The van der Waals surface area contributed by atoms with Crippen molar-refractivity contribution in [2.75, 3.05) is 5.73 Å². The van der Waals surface area contributed by atoms with E-state index < -0.39 is 0 Å². The van der Waals surface area contributed by atoms with Gasteiger partial charge in [-0.05, 0) is 12.1 Å². The summed E-state index contributed by atoms with van der Waals surface area (Å²) >= 11 is 4.94. The van der Waals surface area contributed by atoms with Crippen molar-refractivity contribution in [2.24, 2.45) is 0 Å². The molecule has 4 heteroatoms. The lowest BCUT2D eigenvalue weighted by molar-refractivity contribution is -0.340. The molecule has 2 aromatic rings. The predicted octanol–water partition coefficient (Wildman–Crippen LogP) is 2.57. The van der Waals surface area contributed by atoms with Gasteiger partial charge in [-0.3, -0.25) is 5.73 Å². The molecule has 0 aliphatic heterocycles. The van der Waals surface area contributed by atoms with Crippen LogP contribution in [0.2, 0.25) is 0 Å². The van der Waals surface area contributed by atoms with Gasteiger partial charge in [-0.2, -0.15) is 0 Å². The first-order valence-corrected chi connectivity index (χ1v) is 5.45. The van der Waals surface area contributed by atoms with Gasteiger partial charge in [0, 0.05) is 15.4 Å². The Balaban J connectivity index is 2.46. The third-order valence-corrected chi connectivity index (χ3v) is 2.90. The van der Waals surface area contributed by atoms with Gasteiger partial charge in [0.05, 0.1) is 0 Å². The van der Waals surface area contributed by atoms with Crippen LogP contribution in [0.5, 0.6) is 0 Å². The Kier molecular flexibility index (Phi) is 2.33. The quantitative estimate of drug-likeness (QED) is 0.836. The van der Waals surface area contributed by atoms with Crippen LogP contribution < -0.4 is 10.7 Å². The van der Waals surface area contributed by atoms with Crippen molar-refractivity contribution in [2.45, 2.75) is 0 Å². The first kappa shape index (κ1) is 8.72. The van der Waals surface area contributed by atoms with Crippen molar-refractivity contribution < 1.29 is 4.98 Å². The minimum atomic E-state index is 0.731. The summed E-state index contributed by atoms with van der Waals surface area (Å²) in [5.41, 5.74) is 7.81. The summed E-state index contributed by atoms with van der Waals surface area (Å²) in [5, 5.41) is 2.74. The van der Waals surface area contributed by atoms with Gasteiger partial charge in [0.15, 0.2) is 0 Å². The Morgan fingerprint density at radius 2 is 2.23 bits per heavy atom. The third kappa shape index (κ3) is 1.89. The third-order valence-electron chi connectivity index (χ3n) is 1.70. The van der Waals surface area contributed by atoms with Crippen molar-refractivity contribution in [1.82, 2.24) is 0 Å². The van der Waals surface area contributed by atoms with E-state index in [0.29, 0.717) is 0 Å². The zero-order valence-electron chi connectivity index (χ0n) is 6.75. The number of rotatable bonds is 1. The number of hydrogen-bond donors (Lipinski definition) is 1. The zero-order chi connectivity index (χ0) is 9.26. The number of aromatic nitrogens is 1. The van der Waals surface area contributed by atoms with Crippen LogP contribution in [0.1, 0.15) is 0 Å². The molecule has 0 fully saturated rings. The highest BCUT2D eigenvalue weighted by atomic mass is 79.9. The molecular formula is C9H8BrN2S+. The van der Waals surface area contributed by atoms with Gasteiger partial charge in [-0.25, -0.2) is 4.98 Å². The van der Waals surface area contributed by atoms with Crippen LogP contribution in [0.3, 0.4) is 0 Å². The Hall–Kier alpha value is -0.870. The Labute approximate surface area is 88.6 Å². The van der Waals surface area contributed by atoms with Crippen LogP contribution in [-0.4, -0.2) is 0 Å². The molecule has 2 rings (SSSR count). The molecule has 2 nitrogen and oxygen atoms in total. The second-order valence-corrected chi connectivity index (χ2v) is 4.48. The topological polar surface area (TPSA) is 40.2 Å². The molecule has 1 aromatic carbocycles. The van der Waals surface area contributed by atoms with Gasteiger partial charge in [0.25, 0.3) is 0 Å². The van der Waals surface area contributed by atoms with Crippen LogP contribution in [0, 0.1) is 0 Å². The van der Waals surface area contributed by atoms with E-state index in [4.69, 9.17) is 5.73 Å². The molecule has 0 amide bonds. The highest BCUT2D eigenvalue weighted by molar-refractivity contribution is 9.10. The van der Waals surface area contributed by atoms with Crippen LogP contribution in [0.15, 0.2) is 34.1 Å². The molecule has 1 aromatic heterocycles. The summed E-state index contributed by atoms with van der Waals surface area (Å²) in [6.45, 7) is 0. The second-order valence-electron chi connectivity index (χ2n) is 2.65. The lowest BCUT2D eigenvalue weighted by atomic mass is 10.2. The van der Waals surface area contributed by atoms with E-state index in [1.807, 2.05) is 23.6 Å². The van der Waals surface area contributed by atoms with Crippen LogP contribution in [0.4, 0.5) is 5.13 Å². The molecule has 0 saturated carbocycles. The van der Waals surface area contributed by atoms with Gasteiger partial charge in [-0.15, -0.1) is 0 Å². The van der Waals surface area contributed by atoms with Crippen molar-refractivity contribution >= 4 is 32.4 Å². The number of H-pyrrole nitrogens is 1.